The lowest BCUT2D eigenvalue weighted by atomic mass is 10.1. The van der Waals surface area contributed by atoms with Gasteiger partial charge in [0.15, 0.2) is 0 Å². The minimum Gasteiger partial charge on any atom is -0.460 e. The molecular weight excluding hydrogens is 318 g/mol. The molecule has 0 radical (unpaired) electrons. The maximum atomic E-state index is 5.57. The van der Waals surface area contributed by atoms with Crippen molar-refractivity contribution in [3.05, 3.63) is 63.2 Å². The van der Waals surface area contributed by atoms with Crippen molar-refractivity contribution in [2.75, 3.05) is 6.54 Å². The van der Waals surface area contributed by atoms with E-state index in [1.165, 1.54) is 11.1 Å². The first-order valence-corrected chi connectivity index (χ1v) is 8.86. The molecule has 0 saturated heterocycles. The number of thiazole rings is 1. The van der Waals surface area contributed by atoms with Crippen LogP contribution < -0.4 is 4.80 Å². The highest BCUT2D eigenvalue weighted by molar-refractivity contribution is 7.07. The van der Waals surface area contributed by atoms with E-state index in [4.69, 9.17) is 4.42 Å². The highest BCUT2D eigenvalue weighted by Gasteiger charge is 2.08. The summed E-state index contributed by atoms with van der Waals surface area (Å²) in [5.74, 6) is 1.61. The smallest absolute Gasteiger partial charge is 0.206 e. The van der Waals surface area contributed by atoms with Gasteiger partial charge in [0.1, 0.15) is 11.5 Å². The second-order valence-electron chi connectivity index (χ2n) is 5.68. The molecule has 0 aliphatic heterocycles. The first-order valence-electron chi connectivity index (χ1n) is 7.98. The van der Waals surface area contributed by atoms with E-state index in [0.717, 1.165) is 34.1 Å². The largest absolute Gasteiger partial charge is 0.460 e. The fraction of sp³-hybridized carbons (Fsp3) is 0.263. The summed E-state index contributed by atoms with van der Waals surface area (Å²) in [5.41, 5.74) is 4.73. The van der Waals surface area contributed by atoms with Crippen molar-refractivity contribution in [2.45, 2.75) is 27.7 Å². The van der Waals surface area contributed by atoms with E-state index in [9.17, 15) is 0 Å². The zero-order valence-corrected chi connectivity index (χ0v) is 15.2. The van der Waals surface area contributed by atoms with Gasteiger partial charge in [0.05, 0.1) is 11.9 Å². The molecule has 3 aromatic rings. The van der Waals surface area contributed by atoms with Crippen molar-refractivity contribution in [1.82, 2.24) is 4.68 Å². The highest BCUT2D eigenvalue weighted by Crippen LogP contribution is 2.23. The Morgan fingerprint density at radius 1 is 1.12 bits per heavy atom. The van der Waals surface area contributed by atoms with Crippen molar-refractivity contribution >= 4 is 17.6 Å². The van der Waals surface area contributed by atoms with Crippen LogP contribution in [0.2, 0.25) is 0 Å². The molecular formula is C19H21N3OS. The van der Waals surface area contributed by atoms with E-state index < -0.39 is 0 Å². The molecule has 0 atom stereocenters. The monoisotopic (exact) mass is 339 g/mol. The van der Waals surface area contributed by atoms with Crippen LogP contribution in [-0.4, -0.2) is 17.4 Å². The van der Waals surface area contributed by atoms with Crippen LogP contribution in [0.25, 0.3) is 11.3 Å². The van der Waals surface area contributed by atoms with Gasteiger partial charge in [-0.25, -0.2) is 4.68 Å². The van der Waals surface area contributed by atoms with E-state index in [2.05, 4.69) is 47.5 Å². The fourth-order valence-electron chi connectivity index (χ4n) is 2.39. The predicted octanol–water partition coefficient (Wildman–Crippen LogP) is 4.54. The molecule has 1 aromatic carbocycles. The molecule has 0 aliphatic carbocycles. The van der Waals surface area contributed by atoms with Gasteiger partial charge in [-0.3, -0.25) is 4.99 Å². The van der Waals surface area contributed by atoms with E-state index >= 15 is 0 Å². The first-order chi connectivity index (χ1) is 11.6. The molecule has 0 bridgehead atoms. The Morgan fingerprint density at radius 2 is 1.96 bits per heavy atom. The maximum Gasteiger partial charge on any atom is 0.206 e. The summed E-state index contributed by atoms with van der Waals surface area (Å²) in [6.07, 6.45) is 1.74. The number of furan rings is 1. The van der Waals surface area contributed by atoms with Crippen LogP contribution in [-0.2, 0) is 0 Å². The Kier molecular flexibility index (Phi) is 4.81. The molecule has 0 fully saturated rings. The normalized spacial score (nSPS) is 12.4. The molecule has 2 aromatic heterocycles. The van der Waals surface area contributed by atoms with Crippen LogP contribution in [0.5, 0.6) is 0 Å². The molecule has 24 heavy (non-hydrogen) atoms. The lowest BCUT2D eigenvalue weighted by Crippen LogP contribution is -2.12. The number of aromatic nitrogens is 1. The van der Waals surface area contributed by atoms with Gasteiger partial charge in [0, 0.05) is 17.5 Å². The number of rotatable bonds is 4. The Labute approximate surface area is 145 Å². The van der Waals surface area contributed by atoms with Crippen molar-refractivity contribution in [3.8, 4) is 11.3 Å². The van der Waals surface area contributed by atoms with Gasteiger partial charge in [-0.1, -0.05) is 12.1 Å². The summed E-state index contributed by atoms with van der Waals surface area (Å²) in [6.45, 7) is 8.92. The average molecular weight is 339 g/mol. The third kappa shape index (κ3) is 3.41. The van der Waals surface area contributed by atoms with Crippen LogP contribution in [0.15, 0.2) is 50.2 Å². The molecule has 0 spiro atoms. The zero-order chi connectivity index (χ0) is 17.1. The average Bonchev–Trinajstić information content (AvgIpc) is 3.15. The highest BCUT2D eigenvalue weighted by atomic mass is 32.1. The number of hydrogen-bond acceptors (Lipinski definition) is 4. The molecule has 124 valence electrons. The third-order valence-corrected chi connectivity index (χ3v) is 4.70. The van der Waals surface area contributed by atoms with Crippen molar-refractivity contribution in [1.29, 1.82) is 0 Å². The predicted molar refractivity (Wildman–Crippen MR) is 99.8 cm³/mol. The van der Waals surface area contributed by atoms with E-state index in [1.54, 1.807) is 17.6 Å². The van der Waals surface area contributed by atoms with Gasteiger partial charge in [-0.15, -0.1) is 11.3 Å². The summed E-state index contributed by atoms with van der Waals surface area (Å²) in [7, 11) is 0. The molecule has 0 aliphatic rings. The second kappa shape index (κ2) is 7.01. The number of benzene rings is 1. The minimum absolute atomic E-state index is 0.724. The van der Waals surface area contributed by atoms with Gasteiger partial charge >= 0.3 is 0 Å². The summed E-state index contributed by atoms with van der Waals surface area (Å²) in [4.78, 5) is 5.43. The third-order valence-electron chi connectivity index (χ3n) is 3.84. The van der Waals surface area contributed by atoms with Gasteiger partial charge < -0.3 is 4.42 Å². The summed E-state index contributed by atoms with van der Waals surface area (Å²) in [5, 5.41) is 6.71. The van der Waals surface area contributed by atoms with E-state index in [-0.39, 0.29) is 0 Å². The second-order valence-corrected chi connectivity index (χ2v) is 6.52. The van der Waals surface area contributed by atoms with Crippen LogP contribution in [0.3, 0.4) is 0 Å². The van der Waals surface area contributed by atoms with Crippen molar-refractivity contribution in [2.24, 2.45) is 10.1 Å². The van der Waals surface area contributed by atoms with Gasteiger partial charge in [0.2, 0.25) is 4.80 Å². The number of hydrogen-bond donors (Lipinski definition) is 0. The van der Waals surface area contributed by atoms with Crippen LogP contribution in [0, 0.1) is 20.8 Å². The molecule has 3 rings (SSSR count). The fourth-order valence-corrected chi connectivity index (χ4v) is 3.29. The zero-order valence-electron chi connectivity index (χ0n) is 14.4. The molecule has 0 unspecified atom stereocenters. The SMILES string of the molecule is CCN=c1scc(-c2ccc(C)c(C)c2)n1N=Cc1ccc(C)o1. The van der Waals surface area contributed by atoms with Crippen molar-refractivity contribution < 1.29 is 4.42 Å². The minimum atomic E-state index is 0.724. The van der Waals surface area contributed by atoms with Crippen LogP contribution in [0.4, 0.5) is 0 Å². The molecule has 0 saturated carbocycles. The summed E-state index contributed by atoms with van der Waals surface area (Å²) in [6, 6.07) is 10.3. The maximum absolute atomic E-state index is 5.57. The Hall–Kier alpha value is -2.40. The van der Waals surface area contributed by atoms with Crippen LogP contribution in [0.1, 0.15) is 29.6 Å². The topological polar surface area (TPSA) is 42.8 Å². The quantitative estimate of drug-likeness (QED) is 0.644. The summed E-state index contributed by atoms with van der Waals surface area (Å²) >= 11 is 1.60. The van der Waals surface area contributed by atoms with E-state index in [0.29, 0.717) is 0 Å². The van der Waals surface area contributed by atoms with Gasteiger partial charge in [-0.05, 0) is 57.0 Å². The standard InChI is InChI=1S/C19H21N3OS/c1-5-20-19-22(21-11-17-9-7-15(4)23-17)18(12-24-19)16-8-6-13(2)14(3)10-16/h6-12H,5H2,1-4H3. The Balaban J connectivity index is 2.08. The Morgan fingerprint density at radius 3 is 2.62 bits per heavy atom. The Bertz CT molecular complexity index is 944. The van der Waals surface area contributed by atoms with Crippen molar-refractivity contribution in [3.63, 3.8) is 0 Å². The molecule has 5 heteroatoms. The number of nitrogens with zero attached hydrogens (tertiary/aromatic N) is 3. The van der Waals surface area contributed by atoms with Gasteiger partial charge in [-0.2, -0.15) is 5.10 Å². The first kappa shape index (κ1) is 16.5. The molecule has 2 heterocycles. The number of aryl methyl sites for hydroxylation is 3. The lowest BCUT2D eigenvalue weighted by molar-refractivity contribution is 0.527. The molecule has 4 nitrogen and oxygen atoms in total. The van der Waals surface area contributed by atoms with Gasteiger partial charge in [0.25, 0.3) is 0 Å². The molecule has 0 N–H and O–H groups in total. The molecule has 0 amide bonds. The van der Waals surface area contributed by atoms with Crippen LogP contribution >= 0.6 is 11.3 Å². The van der Waals surface area contributed by atoms with E-state index in [1.807, 2.05) is 30.7 Å². The summed E-state index contributed by atoms with van der Waals surface area (Å²) < 4.78 is 7.46. The lowest BCUT2D eigenvalue weighted by Gasteiger charge is -2.06.